The van der Waals surface area contributed by atoms with E-state index in [2.05, 4.69) is 10.1 Å². The van der Waals surface area contributed by atoms with Gasteiger partial charge in [-0.3, -0.25) is 9.59 Å². The molecular weight excluding hydrogens is 427 g/mol. The maximum absolute atomic E-state index is 13.2. The number of carboxylic acid groups (broad SMARTS) is 1. The Labute approximate surface area is 173 Å². The fourth-order valence-corrected chi connectivity index (χ4v) is 3.10. The zero-order chi connectivity index (χ0) is 21.2. The van der Waals surface area contributed by atoms with Gasteiger partial charge in [-0.1, -0.05) is 18.2 Å². The molecule has 160 valence electrons. The monoisotopic (exact) mass is 443 g/mol. The van der Waals surface area contributed by atoms with Crippen LogP contribution in [-0.4, -0.2) is 30.8 Å². The van der Waals surface area contributed by atoms with E-state index in [0.29, 0.717) is 5.56 Å². The number of aliphatic hydroxyl groups excluding tert-OH is 1. The number of aromatic nitrogens is 3. The van der Waals surface area contributed by atoms with E-state index >= 15 is 0 Å². The van der Waals surface area contributed by atoms with Gasteiger partial charge in [-0.15, -0.1) is 12.4 Å². The highest BCUT2D eigenvalue weighted by molar-refractivity contribution is 5.85. The molecule has 2 heterocycles. The van der Waals surface area contributed by atoms with Gasteiger partial charge >= 0.3 is 12.1 Å². The molecule has 1 aromatic carbocycles. The number of alkyl halides is 3. The highest BCUT2D eigenvalue weighted by Gasteiger charge is 2.32. The second-order valence-corrected chi connectivity index (χ2v) is 6.37. The molecule has 0 amide bonds. The number of carbonyl (C=O) groups is 1. The Morgan fingerprint density at radius 3 is 2.40 bits per heavy atom. The van der Waals surface area contributed by atoms with Crippen LogP contribution in [-0.2, 0) is 23.8 Å². The minimum absolute atomic E-state index is 0. The van der Waals surface area contributed by atoms with Gasteiger partial charge in [0.1, 0.15) is 12.1 Å². The summed E-state index contributed by atoms with van der Waals surface area (Å²) in [5.74, 6) is -1.58. The van der Waals surface area contributed by atoms with Crippen molar-refractivity contribution < 1.29 is 28.2 Å². The van der Waals surface area contributed by atoms with Crippen molar-refractivity contribution in [3.05, 3.63) is 68.9 Å². The molecule has 30 heavy (non-hydrogen) atoms. The molecule has 0 unspecified atom stereocenters. The van der Waals surface area contributed by atoms with Crippen LogP contribution in [0.15, 0.2) is 41.5 Å². The maximum Gasteiger partial charge on any atom is 0.416 e. The quantitative estimate of drug-likeness (QED) is 0.606. The Kier molecular flexibility index (Phi) is 7.04. The van der Waals surface area contributed by atoms with E-state index in [4.69, 9.17) is 5.11 Å². The Morgan fingerprint density at radius 2 is 1.73 bits per heavy atom. The molecule has 0 saturated heterocycles. The minimum Gasteiger partial charge on any atom is -0.510 e. The van der Waals surface area contributed by atoms with Crippen molar-refractivity contribution in [3.63, 3.8) is 0 Å². The topological polar surface area (TPSA) is 105 Å². The summed E-state index contributed by atoms with van der Waals surface area (Å²) in [6.07, 6.45) is -3.86. The molecule has 3 rings (SSSR count). The number of carboxylic acids is 1. The van der Waals surface area contributed by atoms with Crippen molar-refractivity contribution in [3.8, 4) is 0 Å². The van der Waals surface area contributed by atoms with E-state index in [1.165, 1.54) is 24.3 Å². The van der Waals surface area contributed by atoms with Crippen molar-refractivity contribution in [1.29, 1.82) is 0 Å². The molecular formula is C19H17ClF3N3O4. The van der Waals surface area contributed by atoms with Gasteiger partial charge in [0.2, 0.25) is 5.43 Å². The van der Waals surface area contributed by atoms with Crippen molar-refractivity contribution in [2.45, 2.75) is 31.9 Å². The van der Waals surface area contributed by atoms with E-state index in [1.54, 1.807) is 0 Å². The van der Waals surface area contributed by atoms with E-state index < -0.39 is 28.9 Å². The lowest BCUT2D eigenvalue weighted by Gasteiger charge is -2.12. The Hall–Kier alpha value is -3.14. The molecule has 0 atom stereocenters. The van der Waals surface area contributed by atoms with Crippen LogP contribution in [0.5, 0.6) is 0 Å². The van der Waals surface area contributed by atoms with Crippen LogP contribution in [0, 0.1) is 0 Å². The number of benzene rings is 1. The zero-order valence-corrected chi connectivity index (χ0v) is 16.2. The van der Waals surface area contributed by atoms with Gasteiger partial charge in [0.15, 0.2) is 11.0 Å². The second kappa shape index (κ2) is 9.12. The maximum atomic E-state index is 13.2. The predicted octanol–water partition coefficient (Wildman–Crippen LogP) is 2.57. The average molecular weight is 444 g/mol. The summed E-state index contributed by atoms with van der Waals surface area (Å²) in [6, 6.07) is 6.38. The van der Waals surface area contributed by atoms with Gasteiger partial charge in [-0.2, -0.15) is 18.3 Å². The number of nitrogens with zero attached hydrogens (tertiary/aromatic N) is 3. The molecule has 2 N–H and O–H groups in total. The molecule has 11 heteroatoms. The molecule has 0 aliphatic heterocycles. The SMILES string of the molecule is Cl.O=C(O)CCC(O)=c1c(=O)cc(CCc2ccccc2C(F)(F)F)c2ncnn12. The van der Waals surface area contributed by atoms with Crippen molar-refractivity contribution in [2.75, 3.05) is 0 Å². The molecule has 0 aliphatic rings. The smallest absolute Gasteiger partial charge is 0.416 e. The lowest BCUT2D eigenvalue weighted by Crippen LogP contribution is -2.35. The largest absolute Gasteiger partial charge is 0.510 e. The van der Waals surface area contributed by atoms with E-state index in [9.17, 15) is 27.9 Å². The fourth-order valence-electron chi connectivity index (χ4n) is 3.10. The molecule has 3 aromatic rings. The molecule has 2 aromatic heterocycles. The van der Waals surface area contributed by atoms with E-state index in [-0.39, 0.29) is 54.7 Å². The third kappa shape index (κ3) is 4.88. The first-order chi connectivity index (χ1) is 13.7. The first kappa shape index (κ1) is 23.1. The van der Waals surface area contributed by atoms with Crippen LogP contribution in [0.25, 0.3) is 11.4 Å². The summed E-state index contributed by atoms with van der Waals surface area (Å²) in [5, 5.41) is 22.6. The van der Waals surface area contributed by atoms with Crippen molar-refractivity contribution >= 4 is 29.8 Å². The summed E-state index contributed by atoms with van der Waals surface area (Å²) in [6.45, 7) is 0. The highest BCUT2D eigenvalue weighted by atomic mass is 35.5. The number of aliphatic carboxylic acids is 1. The first-order valence-corrected chi connectivity index (χ1v) is 8.63. The molecule has 7 nitrogen and oxygen atoms in total. The summed E-state index contributed by atoms with van der Waals surface area (Å²) < 4.78 is 40.6. The van der Waals surface area contributed by atoms with Gasteiger partial charge in [-0.05, 0) is 30.5 Å². The van der Waals surface area contributed by atoms with E-state index in [1.807, 2.05) is 0 Å². The number of aliphatic hydroxyl groups is 1. The summed E-state index contributed by atoms with van der Waals surface area (Å²) in [5.41, 5.74) is -0.684. The van der Waals surface area contributed by atoms with Crippen LogP contribution in [0.3, 0.4) is 0 Å². The van der Waals surface area contributed by atoms with Crippen LogP contribution in [0.2, 0.25) is 0 Å². The van der Waals surface area contributed by atoms with Crippen molar-refractivity contribution in [2.24, 2.45) is 0 Å². The molecule has 0 aliphatic carbocycles. The molecule has 0 saturated carbocycles. The molecule has 0 radical (unpaired) electrons. The van der Waals surface area contributed by atoms with Crippen LogP contribution < -0.4 is 10.8 Å². The number of pyridine rings is 1. The Balaban J connectivity index is 0.00000320. The lowest BCUT2D eigenvalue weighted by molar-refractivity contribution is -0.138. The van der Waals surface area contributed by atoms with Gasteiger partial charge in [0.05, 0.1) is 12.0 Å². The number of aryl methyl sites for hydroxylation is 2. The van der Waals surface area contributed by atoms with Crippen LogP contribution in [0.1, 0.15) is 29.5 Å². The Morgan fingerprint density at radius 1 is 1.07 bits per heavy atom. The third-order valence-electron chi connectivity index (χ3n) is 4.42. The molecule has 0 fully saturated rings. The second-order valence-electron chi connectivity index (χ2n) is 6.37. The lowest BCUT2D eigenvalue weighted by atomic mass is 10.00. The summed E-state index contributed by atoms with van der Waals surface area (Å²) in [4.78, 5) is 27.2. The predicted molar refractivity (Wildman–Crippen MR) is 103 cm³/mol. The molecule has 0 bridgehead atoms. The van der Waals surface area contributed by atoms with Gasteiger partial charge in [-0.25, -0.2) is 9.50 Å². The zero-order valence-electron chi connectivity index (χ0n) is 15.4. The van der Waals surface area contributed by atoms with Crippen LogP contribution in [0.4, 0.5) is 13.2 Å². The third-order valence-corrected chi connectivity index (χ3v) is 4.42. The first-order valence-electron chi connectivity index (χ1n) is 8.63. The summed E-state index contributed by atoms with van der Waals surface area (Å²) in [7, 11) is 0. The summed E-state index contributed by atoms with van der Waals surface area (Å²) >= 11 is 0. The minimum atomic E-state index is -4.49. The number of hydrogen-bond acceptors (Lipinski definition) is 5. The number of fused-ring (bicyclic) bond motifs is 1. The van der Waals surface area contributed by atoms with E-state index in [0.717, 1.165) is 16.9 Å². The highest BCUT2D eigenvalue weighted by Crippen LogP contribution is 2.32. The number of halogens is 4. The van der Waals surface area contributed by atoms with Crippen LogP contribution >= 0.6 is 12.4 Å². The van der Waals surface area contributed by atoms with Gasteiger partial charge < -0.3 is 10.2 Å². The average Bonchev–Trinajstić information content (AvgIpc) is 3.13. The number of hydrogen-bond donors (Lipinski definition) is 2. The standard InChI is InChI=1S/C19H16F3N3O4.ClH/c20-19(21,22)13-4-2-1-3-11(13)5-6-12-9-15(27)17(14(26)7-8-16(28)29)25-18(12)23-10-24-25;/h1-4,9-10,26H,5-8H2,(H,28,29);1H. The van der Waals surface area contributed by atoms with Gasteiger partial charge in [0, 0.05) is 12.0 Å². The number of rotatable bonds is 6. The normalized spacial score (nSPS) is 12.5. The Bertz CT molecular complexity index is 1180. The van der Waals surface area contributed by atoms with Gasteiger partial charge in [0.25, 0.3) is 0 Å². The van der Waals surface area contributed by atoms with Crippen molar-refractivity contribution in [1.82, 2.24) is 14.6 Å². The molecule has 0 spiro atoms. The fraction of sp³-hybridized carbons (Fsp3) is 0.263.